The van der Waals surface area contributed by atoms with Gasteiger partial charge < -0.3 is 10.1 Å². The number of hydrogen-bond donors (Lipinski definition) is 1. The van der Waals surface area contributed by atoms with E-state index in [1.807, 2.05) is 49.4 Å². The number of aryl methyl sites for hydroxylation is 1. The maximum absolute atomic E-state index is 13.0. The minimum atomic E-state index is -0.274. The van der Waals surface area contributed by atoms with Crippen LogP contribution in [0.4, 0.5) is 10.1 Å². The zero-order chi connectivity index (χ0) is 21.6. The molecule has 0 unspecified atom stereocenters. The number of aromatic nitrogens is 2. The van der Waals surface area contributed by atoms with Crippen molar-refractivity contribution >= 4 is 11.6 Å². The molecule has 0 radical (unpaired) electrons. The molecule has 3 aromatic carbocycles. The van der Waals surface area contributed by atoms with Crippen molar-refractivity contribution in [2.45, 2.75) is 20.1 Å². The summed E-state index contributed by atoms with van der Waals surface area (Å²) in [6, 6.07) is 21.4. The van der Waals surface area contributed by atoms with E-state index in [4.69, 9.17) is 4.74 Å². The number of rotatable bonds is 7. The third-order valence-corrected chi connectivity index (χ3v) is 4.83. The van der Waals surface area contributed by atoms with Crippen LogP contribution in [0.15, 0.2) is 85.2 Å². The van der Waals surface area contributed by atoms with Gasteiger partial charge in [0.1, 0.15) is 18.2 Å². The normalized spacial score (nSPS) is 10.6. The minimum Gasteiger partial charge on any atom is -0.489 e. The molecule has 4 aromatic rings. The Morgan fingerprint density at radius 2 is 1.84 bits per heavy atom. The lowest BCUT2D eigenvalue weighted by atomic mass is 10.1. The van der Waals surface area contributed by atoms with E-state index in [0.29, 0.717) is 24.4 Å². The Balaban J connectivity index is 1.37. The van der Waals surface area contributed by atoms with Crippen LogP contribution in [0, 0.1) is 12.7 Å². The van der Waals surface area contributed by atoms with Gasteiger partial charge in [-0.1, -0.05) is 42.5 Å². The third-order valence-electron chi connectivity index (χ3n) is 4.83. The highest BCUT2D eigenvalue weighted by atomic mass is 19.1. The SMILES string of the molecule is Cc1ccccc1OCc1cccc(C(=O)Nc2cnn(Cc3ccc(F)cc3)c2)c1. The fourth-order valence-corrected chi connectivity index (χ4v) is 3.18. The number of benzene rings is 3. The summed E-state index contributed by atoms with van der Waals surface area (Å²) in [5.41, 5.74) is 4.02. The van der Waals surface area contributed by atoms with Gasteiger partial charge in [0.15, 0.2) is 0 Å². The van der Waals surface area contributed by atoms with Gasteiger partial charge in [-0.2, -0.15) is 5.10 Å². The third kappa shape index (κ3) is 5.36. The summed E-state index contributed by atoms with van der Waals surface area (Å²) < 4.78 is 20.6. The summed E-state index contributed by atoms with van der Waals surface area (Å²) in [4.78, 5) is 12.7. The van der Waals surface area contributed by atoms with Crippen LogP contribution in [-0.4, -0.2) is 15.7 Å². The minimum absolute atomic E-state index is 0.223. The number of nitrogens with one attached hydrogen (secondary N) is 1. The maximum Gasteiger partial charge on any atom is 0.255 e. The molecule has 0 fully saturated rings. The van der Waals surface area contributed by atoms with Crippen molar-refractivity contribution in [3.63, 3.8) is 0 Å². The molecular weight excluding hydrogens is 393 g/mol. The van der Waals surface area contributed by atoms with Gasteiger partial charge >= 0.3 is 0 Å². The van der Waals surface area contributed by atoms with Crippen LogP contribution in [0.1, 0.15) is 27.0 Å². The number of hydrogen-bond acceptors (Lipinski definition) is 3. The number of halogens is 1. The molecule has 1 N–H and O–H groups in total. The van der Waals surface area contributed by atoms with Crippen molar-refractivity contribution in [1.82, 2.24) is 9.78 Å². The molecule has 0 aliphatic rings. The molecule has 0 saturated heterocycles. The molecule has 0 aliphatic heterocycles. The molecule has 6 heteroatoms. The summed E-state index contributed by atoms with van der Waals surface area (Å²) in [5, 5.41) is 7.12. The van der Waals surface area contributed by atoms with Crippen molar-refractivity contribution in [3.8, 4) is 5.75 Å². The number of amides is 1. The highest BCUT2D eigenvalue weighted by Crippen LogP contribution is 2.18. The average Bonchev–Trinajstić information content (AvgIpc) is 3.21. The lowest BCUT2D eigenvalue weighted by Crippen LogP contribution is -2.12. The number of carbonyl (C=O) groups excluding carboxylic acids is 1. The van der Waals surface area contributed by atoms with Crippen LogP contribution in [0.5, 0.6) is 5.75 Å². The van der Waals surface area contributed by atoms with Crippen molar-refractivity contribution in [2.24, 2.45) is 0 Å². The van der Waals surface area contributed by atoms with E-state index in [9.17, 15) is 9.18 Å². The molecule has 1 heterocycles. The van der Waals surface area contributed by atoms with Crippen molar-refractivity contribution < 1.29 is 13.9 Å². The molecule has 5 nitrogen and oxygen atoms in total. The summed E-state index contributed by atoms with van der Waals surface area (Å²) in [6.07, 6.45) is 3.33. The summed E-state index contributed by atoms with van der Waals surface area (Å²) in [5.74, 6) is 0.327. The second-order valence-electron chi connectivity index (χ2n) is 7.26. The Morgan fingerprint density at radius 3 is 2.65 bits per heavy atom. The van der Waals surface area contributed by atoms with E-state index >= 15 is 0 Å². The van der Waals surface area contributed by atoms with Crippen LogP contribution in [0.2, 0.25) is 0 Å². The molecule has 1 aromatic heterocycles. The predicted octanol–water partition coefficient (Wildman–Crippen LogP) is 5.21. The first-order valence-electron chi connectivity index (χ1n) is 9.92. The van der Waals surface area contributed by atoms with E-state index in [2.05, 4.69) is 10.4 Å². The Bertz CT molecular complexity index is 1190. The molecule has 4 rings (SSSR count). The summed E-state index contributed by atoms with van der Waals surface area (Å²) in [7, 11) is 0. The van der Waals surface area contributed by atoms with Crippen LogP contribution in [0.25, 0.3) is 0 Å². The summed E-state index contributed by atoms with van der Waals surface area (Å²) >= 11 is 0. The van der Waals surface area contributed by atoms with E-state index in [-0.39, 0.29) is 11.7 Å². The quantitative estimate of drug-likeness (QED) is 0.451. The predicted molar refractivity (Wildman–Crippen MR) is 118 cm³/mol. The van der Waals surface area contributed by atoms with Crippen LogP contribution < -0.4 is 10.1 Å². The highest BCUT2D eigenvalue weighted by Gasteiger charge is 2.09. The van der Waals surface area contributed by atoms with Gasteiger partial charge in [-0.05, 0) is 53.9 Å². The first-order valence-corrected chi connectivity index (χ1v) is 9.92. The highest BCUT2D eigenvalue weighted by molar-refractivity contribution is 6.04. The van der Waals surface area contributed by atoms with Crippen LogP contribution in [-0.2, 0) is 13.2 Å². The largest absolute Gasteiger partial charge is 0.489 e. The van der Waals surface area contributed by atoms with E-state index in [1.165, 1.54) is 12.1 Å². The molecule has 0 saturated carbocycles. The summed E-state index contributed by atoms with van der Waals surface area (Å²) in [6.45, 7) is 2.86. The van der Waals surface area contributed by atoms with Crippen LogP contribution >= 0.6 is 0 Å². The zero-order valence-corrected chi connectivity index (χ0v) is 17.1. The van der Waals surface area contributed by atoms with Gasteiger partial charge in [0.2, 0.25) is 0 Å². The van der Waals surface area contributed by atoms with Gasteiger partial charge in [-0.25, -0.2) is 4.39 Å². The van der Waals surface area contributed by atoms with Crippen LogP contribution in [0.3, 0.4) is 0 Å². The van der Waals surface area contributed by atoms with E-state index in [1.54, 1.807) is 35.3 Å². The van der Waals surface area contributed by atoms with Gasteiger partial charge in [-0.3, -0.25) is 9.48 Å². The van der Waals surface area contributed by atoms with Crippen molar-refractivity contribution in [1.29, 1.82) is 0 Å². The first kappa shape index (κ1) is 20.3. The average molecular weight is 415 g/mol. The Kier molecular flexibility index (Phi) is 6.08. The molecule has 156 valence electrons. The van der Waals surface area contributed by atoms with Gasteiger partial charge in [0.25, 0.3) is 5.91 Å². The second kappa shape index (κ2) is 9.26. The first-order chi connectivity index (χ1) is 15.1. The monoisotopic (exact) mass is 415 g/mol. The maximum atomic E-state index is 13.0. The van der Waals surface area contributed by atoms with E-state index in [0.717, 1.165) is 22.4 Å². The topological polar surface area (TPSA) is 56.1 Å². The molecular formula is C25H22FN3O2. The van der Waals surface area contributed by atoms with Crippen molar-refractivity contribution in [3.05, 3.63) is 113 Å². The Morgan fingerprint density at radius 1 is 1.03 bits per heavy atom. The molecule has 0 atom stereocenters. The fourth-order valence-electron chi connectivity index (χ4n) is 3.18. The molecule has 1 amide bonds. The number of carbonyl (C=O) groups is 1. The molecule has 0 bridgehead atoms. The Labute approximate surface area is 180 Å². The van der Waals surface area contributed by atoms with Crippen molar-refractivity contribution in [2.75, 3.05) is 5.32 Å². The number of ether oxygens (including phenoxy) is 1. The standard InChI is InChI=1S/C25H22FN3O2/c1-18-5-2-3-8-24(18)31-17-20-6-4-7-21(13-20)25(30)28-23-14-27-29(16-23)15-19-9-11-22(26)12-10-19/h2-14,16H,15,17H2,1H3,(H,28,30). The lowest BCUT2D eigenvalue weighted by Gasteiger charge is -2.10. The fraction of sp³-hybridized carbons (Fsp3) is 0.120. The number of nitrogens with zero attached hydrogens (tertiary/aromatic N) is 2. The number of para-hydroxylation sites is 1. The second-order valence-corrected chi connectivity index (χ2v) is 7.26. The van der Waals surface area contributed by atoms with E-state index < -0.39 is 0 Å². The van der Waals surface area contributed by atoms with Gasteiger partial charge in [-0.15, -0.1) is 0 Å². The lowest BCUT2D eigenvalue weighted by molar-refractivity contribution is 0.102. The molecule has 0 spiro atoms. The molecule has 0 aliphatic carbocycles. The molecule has 31 heavy (non-hydrogen) atoms. The smallest absolute Gasteiger partial charge is 0.255 e. The van der Waals surface area contributed by atoms with Gasteiger partial charge in [0.05, 0.1) is 18.4 Å². The number of anilines is 1. The zero-order valence-electron chi connectivity index (χ0n) is 17.1. The Hall–Kier alpha value is -3.93. The van der Waals surface area contributed by atoms with Gasteiger partial charge in [0, 0.05) is 11.8 Å².